The highest BCUT2D eigenvalue weighted by atomic mass is 15.3. The van der Waals surface area contributed by atoms with Crippen LogP contribution in [0.3, 0.4) is 0 Å². The van der Waals surface area contributed by atoms with E-state index in [1.807, 2.05) is 23.3 Å². The smallest absolute Gasteiger partial charge is 0.138 e. The third-order valence-corrected chi connectivity index (χ3v) is 6.96. The summed E-state index contributed by atoms with van der Waals surface area (Å²) in [7, 11) is 0. The van der Waals surface area contributed by atoms with E-state index in [0.29, 0.717) is 5.92 Å². The maximum absolute atomic E-state index is 4.74. The molecule has 0 bridgehead atoms. The molecule has 5 aromatic rings. The number of hydrogen-bond acceptors (Lipinski definition) is 4. The van der Waals surface area contributed by atoms with Gasteiger partial charge in [-0.2, -0.15) is 5.10 Å². The molecule has 4 aromatic heterocycles. The second-order valence-electron chi connectivity index (χ2n) is 10.2. The van der Waals surface area contributed by atoms with Crippen molar-refractivity contribution in [2.24, 2.45) is 5.92 Å². The quantitative estimate of drug-likeness (QED) is 0.321. The van der Waals surface area contributed by atoms with E-state index in [-0.39, 0.29) is 0 Å². The van der Waals surface area contributed by atoms with Gasteiger partial charge in [0.05, 0.1) is 23.6 Å². The summed E-state index contributed by atoms with van der Waals surface area (Å²) in [6.07, 6.45) is 11.9. The van der Waals surface area contributed by atoms with E-state index >= 15 is 0 Å². The first kappa shape index (κ1) is 22.0. The average Bonchev–Trinajstić information content (AvgIpc) is 3.48. The predicted molar refractivity (Wildman–Crippen MR) is 142 cm³/mol. The van der Waals surface area contributed by atoms with E-state index in [0.717, 1.165) is 51.8 Å². The Morgan fingerprint density at radius 3 is 2.49 bits per heavy atom. The number of pyridine rings is 2. The molecule has 6 heteroatoms. The number of rotatable bonds is 6. The minimum absolute atomic E-state index is 0.551. The molecule has 1 aliphatic rings. The molecule has 6 rings (SSSR count). The minimum atomic E-state index is 0.551. The lowest BCUT2D eigenvalue weighted by Gasteiger charge is -2.26. The van der Waals surface area contributed by atoms with Crippen LogP contribution in [-0.4, -0.2) is 42.7 Å². The summed E-state index contributed by atoms with van der Waals surface area (Å²) in [5.41, 5.74) is 7.56. The normalized spacial score (nSPS) is 14.9. The van der Waals surface area contributed by atoms with Gasteiger partial charge in [0.1, 0.15) is 5.65 Å². The number of benzene rings is 1. The van der Waals surface area contributed by atoms with E-state index in [1.54, 1.807) is 0 Å². The van der Waals surface area contributed by atoms with E-state index in [1.165, 1.54) is 43.5 Å². The summed E-state index contributed by atoms with van der Waals surface area (Å²) in [5.74, 6) is 0.551. The SMILES string of the molecule is CC(C)Cn1cc(-c2cc3c(cn2)[nH]c2ncc(-c4ccc(CN5CCCCC5)cc4)cc23)cn1. The Hall–Kier alpha value is -3.51. The lowest BCUT2D eigenvalue weighted by molar-refractivity contribution is 0.221. The van der Waals surface area contributed by atoms with Gasteiger partial charge in [0, 0.05) is 47.4 Å². The third-order valence-electron chi connectivity index (χ3n) is 6.96. The minimum Gasteiger partial charge on any atom is -0.338 e. The second kappa shape index (κ2) is 9.27. The summed E-state index contributed by atoms with van der Waals surface area (Å²) in [6.45, 7) is 8.79. The van der Waals surface area contributed by atoms with Crippen molar-refractivity contribution < 1.29 is 0 Å². The molecule has 6 nitrogen and oxygen atoms in total. The highest BCUT2D eigenvalue weighted by molar-refractivity contribution is 6.07. The fourth-order valence-electron chi connectivity index (χ4n) is 5.14. The Morgan fingerprint density at radius 2 is 1.69 bits per heavy atom. The fourth-order valence-corrected chi connectivity index (χ4v) is 5.14. The lowest BCUT2D eigenvalue weighted by Crippen LogP contribution is -2.28. The molecule has 0 radical (unpaired) electrons. The van der Waals surface area contributed by atoms with Crippen LogP contribution < -0.4 is 0 Å². The fraction of sp³-hybridized carbons (Fsp3) is 0.345. The molecule has 0 unspecified atom stereocenters. The van der Waals surface area contributed by atoms with Gasteiger partial charge in [-0.25, -0.2) is 4.98 Å². The number of nitrogens with one attached hydrogen (secondary N) is 1. The lowest BCUT2D eigenvalue weighted by atomic mass is 10.0. The van der Waals surface area contributed by atoms with Crippen LogP contribution in [-0.2, 0) is 13.1 Å². The van der Waals surface area contributed by atoms with Crippen LogP contribution in [0.2, 0.25) is 0 Å². The Balaban J connectivity index is 1.30. The summed E-state index contributed by atoms with van der Waals surface area (Å²) < 4.78 is 2.00. The number of aromatic amines is 1. The summed E-state index contributed by atoms with van der Waals surface area (Å²) in [4.78, 5) is 15.4. The van der Waals surface area contributed by atoms with Gasteiger partial charge >= 0.3 is 0 Å². The van der Waals surface area contributed by atoms with Crippen molar-refractivity contribution in [1.82, 2.24) is 29.6 Å². The maximum atomic E-state index is 4.74. The molecular formula is C29H32N6. The molecule has 35 heavy (non-hydrogen) atoms. The molecule has 0 atom stereocenters. The van der Waals surface area contributed by atoms with Gasteiger partial charge in [0.25, 0.3) is 0 Å². The molecule has 0 spiro atoms. The summed E-state index contributed by atoms with van der Waals surface area (Å²) in [5, 5.41) is 6.77. The first-order valence-electron chi connectivity index (χ1n) is 12.7. The van der Waals surface area contributed by atoms with Gasteiger partial charge in [-0.3, -0.25) is 14.6 Å². The Kier molecular flexibility index (Phi) is 5.82. The number of aromatic nitrogens is 5. The van der Waals surface area contributed by atoms with Gasteiger partial charge < -0.3 is 4.98 Å². The number of fused-ring (bicyclic) bond motifs is 3. The third kappa shape index (κ3) is 4.58. The van der Waals surface area contributed by atoms with Gasteiger partial charge in [0.15, 0.2) is 0 Å². The number of H-pyrrole nitrogens is 1. The molecule has 5 heterocycles. The first-order chi connectivity index (χ1) is 17.1. The summed E-state index contributed by atoms with van der Waals surface area (Å²) in [6, 6.07) is 13.4. The van der Waals surface area contributed by atoms with Gasteiger partial charge in [0.2, 0.25) is 0 Å². The zero-order valence-electron chi connectivity index (χ0n) is 20.5. The molecule has 178 valence electrons. The van der Waals surface area contributed by atoms with Crippen LogP contribution in [0.5, 0.6) is 0 Å². The molecule has 1 saturated heterocycles. The van der Waals surface area contributed by atoms with E-state index in [4.69, 9.17) is 4.98 Å². The number of hydrogen-bond donors (Lipinski definition) is 1. The van der Waals surface area contributed by atoms with Gasteiger partial charge in [-0.15, -0.1) is 0 Å². The highest BCUT2D eigenvalue weighted by Crippen LogP contribution is 2.31. The van der Waals surface area contributed by atoms with Crippen molar-refractivity contribution >= 4 is 21.9 Å². The Bertz CT molecular complexity index is 1450. The van der Waals surface area contributed by atoms with Crippen molar-refractivity contribution in [3.05, 3.63) is 66.7 Å². The molecule has 0 saturated carbocycles. The maximum Gasteiger partial charge on any atom is 0.138 e. The molecule has 1 aromatic carbocycles. The molecule has 0 amide bonds. The number of piperidine rings is 1. The molecule has 1 N–H and O–H groups in total. The average molecular weight is 465 g/mol. The van der Waals surface area contributed by atoms with Crippen molar-refractivity contribution in [2.75, 3.05) is 13.1 Å². The van der Waals surface area contributed by atoms with Crippen LogP contribution in [0.15, 0.2) is 61.2 Å². The van der Waals surface area contributed by atoms with Gasteiger partial charge in [-0.05, 0) is 55.1 Å². The molecule has 1 fully saturated rings. The number of likely N-dealkylation sites (tertiary alicyclic amines) is 1. The molecular weight excluding hydrogens is 432 g/mol. The highest BCUT2D eigenvalue weighted by Gasteiger charge is 2.13. The van der Waals surface area contributed by atoms with E-state index < -0.39 is 0 Å². The van der Waals surface area contributed by atoms with Crippen LogP contribution >= 0.6 is 0 Å². The largest absolute Gasteiger partial charge is 0.338 e. The van der Waals surface area contributed by atoms with Crippen molar-refractivity contribution in [2.45, 2.75) is 46.2 Å². The predicted octanol–water partition coefficient (Wildman–Crippen LogP) is 6.28. The zero-order valence-corrected chi connectivity index (χ0v) is 20.5. The molecule has 0 aliphatic carbocycles. The zero-order chi connectivity index (χ0) is 23.8. The topological polar surface area (TPSA) is 62.6 Å². The van der Waals surface area contributed by atoms with E-state index in [2.05, 4.69) is 76.4 Å². The van der Waals surface area contributed by atoms with Crippen LogP contribution in [0.1, 0.15) is 38.7 Å². The summed E-state index contributed by atoms with van der Waals surface area (Å²) >= 11 is 0. The van der Waals surface area contributed by atoms with E-state index in [9.17, 15) is 0 Å². The van der Waals surface area contributed by atoms with Crippen molar-refractivity contribution in [3.63, 3.8) is 0 Å². The number of nitrogens with zero attached hydrogens (tertiary/aromatic N) is 5. The Morgan fingerprint density at radius 1 is 0.857 bits per heavy atom. The monoisotopic (exact) mass is 464 g/mol. The van der Waals surface area contributed by atoms with Crippen molar-refractivity contribution in [3.8, 4) is 22.4 Å². The Labute approximate surface area is 206 Å². The molecule has 1 aliphatic heterocycles. The standard InChI is InChI=1S/C29H32N6/c1-20(2)17-35-19-24(15-32-35)27-13-25-26-12-23(14-31-29(26)33-28(25)16-30-27)22-8-6-21(7-9-22)18-34-10-4-3-5-11-34/h6-9,12-16,19-20H,3-5,10-11,17-18H2,1-2H3,(H,31,33). The van der Waals surface area contributed by atoms with Gasteiger partial charge in [-0.1, -0.05) is 44.5 Å². The van der Waals surface area contributed by atoms with Crippen molar-refractivity contribution in [1.29, 1.82) is 0 Å². The second-order valence-corrected chi connectivity index (χ2v) is 10.2. The van der Waals surface area contributed by atoms with Crippen LogP contribution in [0, 0.1) is 5.92 Å². The van der Waals surface area contributed by atoms with Crippen LogP contribution in [0.4, 0.5) is 0 Å². The first-order valence-corrected chi connectivity index (χ1v) is 12.7. The van der Waals surface area contributed by atoms with Crippen LogP contribution in [0.25, 0.3) is 44.3 Å².